The molecule has 1 unspecified atom stereocenters. The molecular weight excluding hydrogens is 120 g/mol. The molecule has 0 saturated carbocycles. The fourth-order valence-corrected chi connectivity index (χ4v) is 1.72. The molecule has 0 nitrogen and oxygen atoms in total. The molecule has 0 saturated heterocycles. The predicted molar refractivity (Wildman–Crippen MR) is 45.9 cm³/mol. The van der Waals surface area contributed by atoms with Crippen LogP contribution in [-0.4, -0.2) is 0 Å². The van der Waals surface area contributed by atoms with E-state index in [1.165, 1.54) is 19.3 Å². The van der Waals surface area contributed by atoms with E-state index in [2.05, 4.69) is 32.9 Å². The van der Waals surface area contributed by atoms with Crippen molar-refractivity contribution in [1.82, 2.24) is 0 Å². The molecule has 1 aliphatic rings. The van der Waals surface area contributed by atoms with Crippen molar-refractivity contribution in [3.8, 4) is 0 Å². The van der Waals surface area contributed by atoms with Crippen LogP contribution in [0.25, 0.3) is 0 Å². The Labute approximate surface area is 64.3 Å². The van der Waals surface area contributed by atoms with Crippen molar-refractivity contribution < 1.29 is 0 Å². The highest BCUT2D eigenvalue weighted by Gasteiger charge is 2.22. The zero-order valence-corrected chi connectivity index (χ0v) is 7.35. The molecule has 0 spiro atoms. The molecule has 1 atom stereocenters. The molecule has 0 aromatic rings. The van der Waals surface area contributed by atoms with Crippen LogP contribution in [0.4, 0.5) is 0 Å². The van der Waals surface area contributed by atoms with Crippen LogP contribution in [0.5, 0.6) is 0 Å². The largest absolute Gasteiger partial charge is 0.0877 e. The van der Waals surface area contributed by atoms with Gasteiger partial charge in [-0.05, 0) is 30.6 Å². The van der Waals surface area contributed by atoms with Gasteiger partial charge in [0.25, 0.3) is 0 Å². The molecule has 0 radical (unpaired) electrons. The van der Waals surface area contributed by atoms with E-state index in [9.17, 15) is 0 Å². The van der Waals surface area contributed by atoms with Gasteiger partial charge < -0.3 is 0 Å². The Morgan fingerprint density at radius 1 is 1.50 bits per heavy atom. The molecule has 0 aromatic heterocycles. The van der Waals surface area contributed by atoms with Crippen molar-refractivity contribution in [3.05, 3.63) is 12.2 Å². The van der Waals surface area contributed by atoms with Crippen molar-refractivity contribution in [3.63, 3.8) is 0 Å². The average Bonchev–Trinajstić information content (AvgIpc) is 1.86. The maximum atomic E-state index is 2.38. The summed E-state index contributed by atoms with van der Waals surface area (Å²) in [5.74, 6) is 0.851. The van der Waals surface area contributed by atoms with E-state index in [4.69, 9.17) is 0 Å². The van der Waals surface area contributed by atoms with E-state index in [-0.39, 0.29) is 0 Å². The second-order valence-electron chi connectivity index (χ2n) is 4.17. The van der Waals surface area contributed by atoms with Crippen LogP contribution in [0.3, 0.4) is 0 Å². The van der Waals surface area contributed by atoms with Gasteiger partial charge in [-0.1, -0.05) is 32.9 Å². The number of rotatable bonds is 1. The van der Waals surface area contributed by atoms with Crippen LogP contribution in [0.1, 0.15) is 40.0 Å². The van der Waals surface area contributed by atoms with E-state index >= 15 is 0 Å². The first-order chi connectivity index (χ1) is 4.64. The molecular formula is C10H18. The Morgan fingerprint density at radius 2 is 2.20 bits per heavy atom. The van der Waals surface area contributed by atoms with Crippen LogP contribution in [0.2, 0.25) is 0 Å². The highest BCUT2D eigenvalue weighted by atomic mass is 14.3. The van der Waals surface area contributed by atoms with Gasteiger partial charge in [0.1, 0.15) is 0 Å². The van der Waals surface area contributed by atoms with E-state index in [1.807, 2.05) is 0 Å². The second kappa shape index (κ2) is 2.77. The third-order valence-corrected chi connectivity index (χ3v) is 2.42. The number of hydrogen-bond donors (Lipinski definition) is 0. The smallest absolute Gasteiger partial charge is 0.0231 e. The second-order valence-corrected chi connectivity index (χ2v) is 4.17. The van der Waals surface area contributed by atoms with Gasteiger partial charge in [-0.25, -0.2) is 0 Å². The summed E-state index contributed by atoms with van der Waals surface area (Å²) in [6.07, 6.45) is 8.67. The molecule has 0 fully saturated rings. The zero-order valence-electron chi connectivity index (χ0n) is 7.35. The Bertz CT molecular complexity index is 131. The Kier molecular flexibility index (Phi) is 2.18. The monoisotopic (exact) mass is 138 g/mol. The fraction of sp³-hybridized carbons (Fsp3) is 0.800. The van der Waals surface area contributed by atoms with Crippen LogP contribution in [0, 0.1) is 11.3 Å². The van der Waals surface area contributed by atoms with Gasteiger partial charge in [-0.15, -0.1) is 0 Å². The summed E-state index contributed by atoms with van der Waals surface area (Å²) >= 11 is 0. The van der Waals surface area contributed by atoms with E-state index < -0.39 is 0 Å². The minimum absolute atomic E-state index is 0.565. The normalized spacial score (nSPS) is 30.5. The topological polar surface area (TPSA) is 0 Å². The third kappa shape index (κ3) is 1.86. The Morgan fingerprint density at radius 3 is 2.60 bits per heavy atom. The molecule has 0 aromatic carbocycles. The summed E-state index contributed by atoms with van der Waals surface area (Å²) < 4.78 is 0. The van der Waals surface area contributed by atoms with E-state index in [0.717, 1.165) is 5.92 Å². The highest BCUT2D eigenvalue weighted by Crippen LogP contribution is 2.35. The Balaban J connectivity index is 2.54. The van der Waals surface area contributed by atoms with Gasteiger partial charge in [-0.3, -0.25) is 0 Å². The van der Waals surface area contributed by atoms with E-state index in [1.54, 1.807) is 0 Å². The fourth-order valence-electron chi connectivity index (χ4n) is 1.72. The van der Waals surface area contributed by atoms with Crippen LogP contribution in [0.15, 0.2) is 12.2 Å². The van der Waals surface area contributed by atoms with Crippen molar-refractivity contribution in [2.45, 2.75) is 40.0 Å². The van der Waals surface area contributed by atoms with Gasteiger partial charge in [0, 0.05) is 0 Å². The van der Waals surface area contributed by atoms with Gasteiger partial charge >= 0.3 is 0 Å². The lowest BCUT2D eigenvalue weighted by molar-refractivity contribution is 0.276. The molecule has 58 valence electrons. The van der Waals surface area contributed by atoms with Crippen molar-refractivity contribution in [2.24, 2.45) is 11.3 Å². The number of allylic oxidation sites excluding steroid dienone is 2. The minimum Gasteiger partial charge on any atom is -0.0877 e. The average molecular weight is 138 g/mol. The summed E-state index contributed by atoms with van der Waals surface area (Å²) in [5, 5.41) is 0. The van der Waals surface area contributed by atoms with Crippen LogP contribution in [-0.2, 0) is 0 Å². The summed E-state index contributed by atoms with van der Waals surface area (Å²) in [6.45, 7) is 6.99. The first kappa shape index (κ1) is 7.84. The maximum Gasteiger partial charge on any atom is -0.0231 e. The first-order valence-corrected chi connectivity index (χ1v) is 4.31. The lowest BCUT2D eigenvalue weighted by atomic mass is 9.75. The van der Waals surface area contributed by atoms with Crippen molar-refractivity contribution in [1.29, 1.82) is 0 Å². The molecule has 0 amide bonds. The number of hydrogen-bond acceptors (Lipinski definition) is 0. The quantitative estimate of drug-likeness (QED) is 0.487. The van der Waals surface area contributed by atoms with Crippen molar-refractivity contribution in [2.75, 3.05) is 0 Å². The van der Waals surface area contributed by atoms with Crippen molar-refractivity contribution >= 4 is 0 Å². The standard InChI is InChI=1S/C10H18/c1-4-9-6-5-7-10(2,3)8-9/h5-6,9H,4,7-8H2,1-3H3. The minimum atomic E-state index is 0.565. The molecule has 0 aliphatic heterocycles. The molecule has 1 aliphatic carbocycles. The lowest BCUT2D eigenvalue weighted by Crippen LogP contribution is -2.18. The lowest BCUT2D eigenvalue weighted by Gasteiger charge is -2.30. The van der Waals surface area contributed by atoms with Crippen LogP contribution < -0.4 is 0 Å². The van der Waals surface area contributed by atoms with Gasteiger partial charge in [0.2, 0.25) is 0 Å². The summed E-state index contributed by atoms with van der Waals surface area (Å²) in [4.78, 5) is 0. The molecule has 0 heteroatoms. The Hall–Kier alpha value is -0.260. The van der Waals surface area contributed by atoms with E-state index in [0.29, 0.717) is 5.41 Å². The molecule has 0 N–H and O–H groups in total. The van der Waals surface area contributed by atoms with Gasteiger partial charge in [0.05, 0.1) is 0 Å². The molecule has 1 rings (SSSR count). The summed E-state index contributed by atoms with van der Waals surface area (Å²) in [5.41, 5.74) is 0.565. The molecule has 0 heterocycles. The molecule has 0 bridgehead atoms. The summed E-state index contributed by atoms with van der Waals surface area (Å²) in [7, 11) is 0. The van der Waals surface area contributed by atoms with Gasteiger partial charge in [0.15, 0.2) is 0 Å². The van der Waals surface area contributed by atoms with Gasteiger partial charge in [-0.2, -0.15) is 0 Å². The zero-order chi connectivity index (χ0) is 7.61. The maximum absolute atomic E-state index is 2.38. The van der Waals surface area contributed by atoms with Crippen LogP contribution >= 0.6 is 0 Å². The predicted octanol–water partition coefficient (Wildman–Crippen LogP) is 3.39. The third-order valence-electron chi connectivity index (χ3n) is 2.42. The highest BCUT2D eigenvalue weighted by molar-refractivity contribution is 4.98. The molecule has 10 heavy (non-hydrogen) atoms. The first-order valence-electron chi connectivity index (χ1n) is 4.31. The summed E-state index contributed by atoms with van der Waals surface area (Å²) in [6, 6.07) is 0. The SMILES string of the molecule is CCC1C=CCC(C)(C)C1.